The maximum Gasteiger partial charge on any atom is 0.267 e. The number of hydrogen-bond acceptors (Lipinski definition) is 4. The van der Waals surface area contributed by atoms with Gasteiger partial charge in [-0.05, 0) is 28.8 Å². The highest BCUT2D eigenvalue weighted by Gasteiger charge is 2.36. The van der Waals surface area contributed by atoms with E-state index in [1.165, 1.54) is 5.56 Å². The van der Waals surface area contributed by atoms with E-state index in [-0.39, 0.29) is 18.4 Å². The van der Waals surface area contributed by atoms with Gasteiger partial charge in [-0.15, -0.1) is 0 Å². The quantitative estimate of drug-likeness (QED) is 0.691. The highest BCUT2D eigenvalue weighted by Crippen LogP contribution is 2.35. The van der Waals surface area contributed by atoms with E-state index < -0.39 is 6.10 Å². The summed E-state index contributed by atoms with van der Waals surface area (Å²) in [5.41, 5.74) is 3.53. The lowest BCUT2D eigenvalue weighted by atomic mass is 9.86. The van der Waals surface area contributed by atoms with Crippen molar-refractivity contribution < 1.29 is 14.3 Å². The summed E-state index contributed by atoms with van der Waals surface area (Å²) in [4.78, 5) is 15.1. The Morgan fingerprint density at radius 2 is 1.89 bits per heavy atom. The Kier molecular flexibility index (Phi) is 4.04. The predicted octanol–water partition coefficient (Wildman–Crippen LogP) is 2.73. The van der Waals surface area contributed by atoms with Gasteiger partial charge in [-0.2, -0.15) is 5.10 Å². The van der Waals surface area contributed by atoms with Crippen LogP contribution in [0.25, 0.3) is 0 Å². The highest BCUT2D eigenvalue weighted by atomic mass is 16.6. The number of carbonyl (C=O) groups excluding carboxylic acids is 1. The third kappa shape index (κ3) is 2.91. The Morgan fingerprint density at radius 3 is 2.71 bits per heavy atom. The summed E-state index contributed by atoms with van der Waals surface area (Å²) >= 11 is 0. The lowest BCUT2D eigenvalue weighted by Gasteiger charge is -2.37. The van der Waals surface area contributed by atoms with Crippen molar-refractivity contribution in [3.8, 4) is 11.5 Å². The number of aryl methyl sites for hydroxylation is 1. The van der Waals surface area contributed by atoms with Crippen molar-refractivity contribution in [1.82, 2.24) is 14.7 Å². The Labute approximate surface area is 163 Å². The van der Waals surface area contributed by atoms with Crippen LogP contribution in [0.15, 0.2) is 60.9 Å². The maximum absolute atomic E-state index is 13.3. The number of hydrogen-bond donors (Lipinski definition) is 0. The second-order valence-corrected chi connectivity index (χ2v) is 7.28. The van der Waals surface area contributed by atoms with Crippen molar-refractivity contribution in [2.24, 2.45) is 7.05 Å². The summed E-state index contributed by atoms with van der Waals surface area (Å²) in [5, 5.41) is 4.32. The van der Waals surface area contributed by atoms with Gasteiger partial charge in [-0.25, -0.2) is 0 Å². The molecule has 3 aromatic rings. The fourth-order valence-corrected chi connectivity index (χ4v) is 4.02. The highest BCUT2D eigenvalue weighted by molar-refractivity contribution is 5.82. The fourth-order valence-electron chi connectivity index (χ4n) is 4.02. The standard InChI is InChI=1S/C22H21N3O3/c1-24-11-16(10-23-24)18-13-25(12-15-6-2-3-7-17(15)18)22(26)21-14-27-19-8-4-5-9-20(19)28-21/h2-11,18,21H,12-14H2,1H3. The lowest BCUT2D eigenvalue weighted by molar-refractivity contribution is -0.142. The van der Waals surface area contributed by atoms with Gasteiger partial charge in [-0.1, -0.05) is 36.4 Å². The fraction of sp³-hybridized carbons (Fsp3) is 0.273. The molecule has 0 aliphatic carbocycles. The van der Waals surface area contributed by atoms with E-state index in [9.17, 15) is 4.79 Å². The molecule has 0 bridgehead atoms. The first-order valence-electron chi connectivity index (χ1n) is 9.42. The first kappa shape index (κ1) is 16.9. The van der Waals surface area contributed by atoms with Gasteiger partial charge in [0.2, 0.25) is 6.10 Å². The molecule has 3 heterocycles. The van der Waals surface area contributed by atoms with Crippen LogP contribution in [0.5, 0.6) is 11.5 Å². The first-order valence-corrected chi connectivity index (χ1v) is 9.42. The van der Waals surface area contributed by atoms with Crippen LogP contribution < -0.4 is 9.47 Å². The van der Waals surface area contributed by atoms with Crippen LogP contribution in [0, 0.1) is 0 Å². The zero-order valence-corrected chi connectivity index (χ0v) is 15.6. The normalized spacial score (nSPS) is 20.5. The molecule has 5 rings (SSSR count). The van der Waals surface area contributed by atoms with E-state index >= 15 is 0 Å². The molecule has 2 unspecified atom stereocenters. The van der Waals surface area contributed by atoms with Crippen molar-refractivity contribution in [3.63, 3.8) is 0 Å². The van der Waals surface area contributed by atoms with Crippen LogP contribution in [-0.2, 0) is 18.4 Å². The zero-order chi connectivity index (χ0) is 19.1. The smallest absolute Gasteiger partial charge is 0.267 e. The lowest BCUT2D eigenvalue weighted by Crippen LogP contribution is -2.48. The summed E-state index contributed by atoms with van der Waals surface area (Å²) in [6.07, 6.45) is 3.27. The topological polar surface area (TPSA) is 56.6 Å². The molecular weight excluding hydrogens is 354 g/mol. The molecule has 6 heteroatoms. The number of aromatic nitrogens is 2. The van der Waals surface area contributed by atoms with E-state index in [4.69, 9.17) is 9.47 Å². The van der Waals surface area contributed by atoms with Gasteiger partial charge >= 0.3 is 0 Å². The average molecular weight is 375 g/mol. The van der Waals surface area contributed by atoms with Gasteiger partial charge in [0, 0.05) is 32.3 Å². The van der Waals surface area contributed by atoms with E-state index in [0.29, 0.717) is 24.6 Å². The molecule has 0 fully saturated rings. The van der Waals surface area contributed by atoms with Crippen molar-refractivity contribution in [3.05, 3.63) is 77.6 Å². The van der Waals surface area contributed by atoms with Gasteiger partial charge in [0.25, 0.3) is 5.91 Å². The summed E-state index contributed by atoms with van der Waals surface area (Å²) in [5.74, 6) is 1.36. The molecule has 1 aromatic heterocycles. The number of nitrogens with zero attached hydrogens (tertiary/aromatic N) is 3. The van der Waals surface area contributed by atoms with Crippen molar-refractivity contribution >= 4 is 5.91 Å². The van der Waals surface area contributed by atoms with E-state index in [1.807, 2.05) is 54.7 Å². The van der Waals surface area contributed by atoms with Gasteiger partial charge in [0.1, 0.15) is 6.61 Å². The predicted molar refractivity (Wildman–Crippen MR) is 103 cm³/mol. The van der Waals surface area contributed by atoms with Crippen LogP contribution in [0.1, 0.15) is 22.6 Å². The van der Waals surface area contributed by atoms with Gasteiger partial charge < -0.3 is 14.4 Å². The minimum Gasteiger partial charge on any atom is -0.485 e. The second kappa shape index (κ2) is 6.71. The Balaban J connectivity index is 1.42. The molecule has 2 aliphatic heterocycles. The number of benzene rings is 2. The van der Waals surface area contributed by atoms with Crippen LogP contribution in [0.4, 0.5) is 0 Å². The third-order valence-corrected chi connectivity index (χ3v) is 5.42. The number of ether oxygens (including phenoxy) is 2. The van der Waals surface area contributed by atoms with Gasteiger partial charge in [-0.3, -0.25) is 9.48 Å². The third-order valence-electron chi connectivity index (χ3n) is 5.42. The number of fused-ring (bicyclic) bond motifs is 2. The van der Waals surface area contributed by atoms with E-state index in [0.717, 1.165) is 11.1 Å². The SMILES string of the molecule is Cn1cc(C2CN(C(=O)C3COc4ccccc4O3)Cc3ccccc32)cn1. The molecule has 2 atom stereocenters. The van der Waals surface area contributed by atoms with Crippen molar-refractivity contribution in [2.45, 2.75) is 18.6 Å². The summed E-state index contributed by atoms with van der Waals surface area (Å²) < 4.78 is 13.5. The zero-order valence-electron chi connectivity index (χ0n) is 15.6. The Morgan fingerprint density at radius 1 is 1.11 bits per heavy atom. The maximum atomic E-state index is 13.3. The first-order chi connectivity index (χ1) is 13.7. The summed E-state index contributed by atoms with van der Waals surface area (Å²) in [6.45, 7) is 1.40. The molecule has 0 N–H and O–H groups in total. The molecular formula is C22H21N3O3. The van der Waals surface area contributed by atoms with Crippen LogP contribution >= 0.6 is 0 Å². The number of amides is 1. The molecule has 0 spiro atoms. The number of para-hydroxylation sites is 2. The second-order valence-electron chi connectivity index (χ2n) is 7.28. The minimum absolute atomic E-state index is 0.0436. The van der Waals surface area contributed by atoms with Gasteiger partial charge in [0.05, 0.1) is 6.20 Å². The molecule has 2 aromatic carbocycles. The molecule has 142 valence electrons. The Bertz CT molecular complexity index is 1030. The number of carbonyl (C=O) groups is 1. The van der Waals surface area contributed by atoms with Crippen LogP contribution in [-0.4, -0.2) is 39.8 Å². The molecule has 2 aliphatic rings. The molecule has 0 radical (unpaired) electrons. The van der Waals surface area contributed by atoms with Crippen molar-refractivity contribution in [2.75, 3.05) is 13.2 Å². The summed E-state index contributed by atoms with van der Waals surface area (Å²) in [7, 11) is 1.91. The van der Waals surface area contributed by atoms with Crippen molar-refractivity contribution in [1.29, 1.82) is 0 Å². The molecule has 1 amide bonds. The van der Waals surface area contributed by atoms with Crippen LogP contribution in [0.3, 0.4) is 0 Å². The van der Waals surface area contributed by atoms with E-state index in [2.05, 4.69) is 23.3 Å². The molecule has 6 nitrogen and oxygen atoms in total. The van der Waals surface area contributed by atoms with Gasteiger partial charge in [0.15, 0.2) is 11.5 Å². The number of rotatable bonds is 2. The monoisotopic (exact) mass is 375 g/mol. The Hall–Kier alpha value is -3.28. The van der Waals surface area contributed by atoms with Crippen LogP contribution in [0.2, 0.25) is 0 Å². The largest absolute Gasteiger partial charge is 0.485 e. The summed E-state index contributed by atoms with van der Waals surface area (Å²) in [6, 6.07) is 15.8. The molecule has 0 saturated heterocycles. The minimum atomic E-state index is -0.630. The molecule has 28 heavy (non-hydrogen) atoms. The average Bonchev–Trinajstić information content (AvgIpc) is 3.18. The molecule has 0 saturated carbocycles. The van der Waals surface area contributed by atoms with E-state index in [1.54, 1.807) is 4.68 Å².